The third-order valence-corrected chi connectivity index (χ3v) is 4.23. The van der Waals surface area contributed by atoms with Gasteiger partial charge in [-0.05, 0) is 31.9 Å². The molecular weight excluding hydrogens is 270 g/mol. The molecule has 0 radical (unpaired) electrons. The highest BCUT2D eigenvalue weighted by Crippen LogP contribution is 2.22. The number of hydroxylamine groups is 2. The first-order valence-electron chi connectivity index (χ1n) is 5.91. The topological polar surface area (TPSA) is 83.9 Å². The molecule has 1 saturated heterocycles. The fourth-order valence-corrected chi connectivity index (χ4v) is 2.94. The van der Waals surface area contributed by atoms with Crippen molar-refractivity contribution in [3.8, 4) is 0 Å². The molecule has 0 amide bonds. The van der Waals surface area contributed by atoms with Crippen molar-refractivity contribution in [2.24, 2.45) is 0 Å². The molecule has 1 aromatic rings. The Morgan fingerprint density at radius 1 is 1.37 bits per heavy atom. The standard InChI is InChI=1S/C12H15NO5S/c1-9-4-6-10(7-5-9)19(16,17)18-13-8-2-3-11(13)12(14)15/h4-7,11H,2-3,8H2,1H3,(H,14,15)/t11-/m0/s1. The molecule has 0 unspecified atom stereocenters. The quantitative estimate of drug-likeness (QED) is 0.893. The van der Waals surface area contributed by atoms with Crippen LogP contribution in [0, 0.1) is 6.92 Å². The van der Waals surface area contributed by atoms with Crippen LogP contribution >= 0.6 is 0 Å². The van der Waals surface area contributed by atoms with E-state index < -0.39 is 22.1 Å². The van der Waals surface area contributed by atoms with Crippen LogP contribution in [0.4, 0.5) is 0 Å². The van der Waals surface area contributed by atoms with Crippen LogP contribution in [0.15, 0.2) is 29.2 Å². The Labute approximate surface area is 111 Å². The lowest BCUT2D eigenvalue weighted by Gasteiger charge is -2.19. The van der Waals surface area contributed by atoms with Gasteiger partial charge in [0, 0.05) is 6.54 Å². The minimum absolute atomic E-state index is 0.0224. The van der Waals surface area contributed by atoms with E-state index in [1.807, 2.05) is 6.92 Å². The summed E-state index contributed by atoms with van der Waals surface area (Å²) in [7, 11) is -3.96. The molecule has 0 aromatic heterocycles. The number of hydrogen-bond acceptors (Lipinski definition) is 5. The second-order valence-corrected chi connectivity index (χ2v) is 6.01. The van der Waals surface area contributed by atoms with Crippen LogP contribution < -0.4 is 0 Å². The number of nitrogens with zero attached hydrogens (tertiary/aromatic N) is 1. The third kappa shape index (κ3) is 3.12. The van der Waals surface area contributed by atoms with E-state index in [4.69, 9.17) is 9.39 Å². The molecule has 6 nitrogen and oxygen atoms in total. The molecular formula is C12H15NO5S. The Kier molecular flexibility index (Phi) is 3.88. The van der Waals surface area contributed by atoms with Gasteiger partial charge in [-0.1, -0.05) is 17.7 Å². The van der Waals surface area contributed by atoms with Gasteiger partial charge >= 0.3 is 16.1 Å². The van der Waals surface area contributed by atoms with E-state index >= 15 is 0 Å². The van der Waals surface area contributed by atoms with Crippen molar-refractivity contribution >= 4 is 16.1 Å². The van der Waals surface area contributed by atoms with Crippen LogP contribution in [0.25, 0.3) is 0 Å². The predicted molar refractivity (Wildman–Crippen MR) is 66.8 cm³/mol. The number of carboxylic acids is 1. The molecule has 1 N–H and O–H groups in total. The SMILES string of the molecule is Cc1ccc(S(=O)(=O)ON2CCC[C@H]2C(=O)O)cc1. The molecule has 1 aliphatic heterocycles. The zero-order valence-electron chi connectivity index (χ0n) is 10.4. The molecule has 0 aliphatic carbocycles. The molecule has 1 aromatic carbocycles. The lowest BCUT2D eigenvalue weighted by atomic mass is 10.2. The zero-order chi connectivity index (χ0) is 14.0. The summed E-state index contributed by atoms with van der Waals surface area (Å²) < 4.78 is 28.9. The third-order valence-electron chi connectivity index (χ3n) is 2.99. The fourth-order valence-electron chi connectivity index (χ4n) is 1.95. The Hall–Kier alpha value is -1.44. The number of aliphatic carboxylic acids is 1. The van der Waals surface area contributed by atoms with Crippen molar-refractivity contribution in [1.82, 2.24) is 5.06 Å². The van der Waals surface area contributed by atoms with Crippen molar-refractivity contribution in [2.75, 3.05) is 6.54 Å². The first kappa shape index (κ1) is 14.0. The maximum atomic E-state index is 12.0. The largest absolute Gasteiger partial charge is 0.480 e. The normalized spacial score (nSPS) is 20.6. The molecule has 0 bridgehead atoms. The van der Waals surface area contributed by atoms with Gasteiger partial charge in [-0.3, -0.25) is 4.79 Å². The summed E-state index contributed by atoms with van der Waals surface area (Å²) >= 11 is 0. The van der Waals surface area contributed by atoms with Crippen LogP contribution in [-0.2, 0) is 19.2 Å². The average molecular weight is 285 g/mol. The molecule has 0 saturated carbocycles. The highest BCUT2D eigenvalue weighted by Gasteiger charge is 2.35. The Morgan fingerprint density at radius 2 is 2.00 bits per heavy atom. The maximum Gasteiger partial charge on any atom is 0.323 e. The zero-order valence-corrected chi connectivity index (χ0v) is 11.3. The van der Waals surface area contributed by atoms with Crippen LogP contribution in [0.5, 0.6) is 0 Å². The smallest absolute Gasteiger partial charge is 0.323 e. The van der Waals surface area contributed by atoms with Gasteiger partial charge < -0.3 is 5.11 Å². The van der Waals surface area contributed by atoms with Crippen molar-refractivity contribution in [2.45, 2.75) is 30.7 Å². The van der Waals surface area contributed by atoms with E-state index in [1.54, 1.807) is 12.1 Å². The van der Waals surface area contributed by atoms with E-state index in [-0.39, 0.29) is 4.90 Å². The first-order valence-corrected chi connectivity index (χ1v) is 7.32. The molecule has 7 heteroatoms. The van der Waals surface area contributed by atoms with Crippen LogP contribution in [0.3, 0.4) is 0 Å². The number of rotatable bonds is 4. The summed E-state index contributed by atoms with van der Waals surface area (Å²) in [4.78, 5) is 11.0. The fraction of sp³-hybridized carbons (Fsp3) is 0.417. The summed E-state index contributed by atoms with van der Waals surface area (Å²) in [6.07, 6.45) is 0.985. The van der Waals surface area contributed by atoms with Gasteiger partial charge in [-0.15, -0.1) is 0 Å². The summed E-state index contributed by atoms with van der Waals surface area (Å²) in [6.45, 7) is 2.14. The Balaban J connectivity index is 2.17. The maximum absolute atomic E-state index is 12.0. The van der Waals surface area contributed by atoms with Gasteiger partial charge in [0.15, 0.2) is 0 Å². The minimum Gasteiger partial charge on any atom is -0.480 e. The van der Waals surface area contributed by atoms with E-state index in [0.717, 1.165) is 10.6 Å². The van der Waals surface area contributed by atoms with Crippen LogP contribution in [-0.4, -0.2) is 37.1 Å². The number of carboxylic acid groups (broad SMARTS) is 1. The van der Waals surface area contributed by atoms with Gasteiger partial charge in [0.2, 0.25) is 0 Å². The number of aryl methyl sites for hydroxylation is 1. The Morgan fingerprint density at radius 3 is 2.58 bits per heavy atom. The van der Waals surface area contributed by atoms with E-state index in [9.17, 15) is 13.2 Å². The summed E-state index contributed by atoms with van der Waals surface area (Å²) in [5.74, 6) is -1.07. The number of benzene rings is 1. The lowest BCUT2D eigenvalue weighted by molar-refractivity contribution is -0.153. The minimum atomic E-state index is -3.96. The highest BCUT2D eigenvalue weighted by atomic mass is 32.2. The van der Waals surface area contributed by atoms with E-state index in [0.29, 0.717) is 19.4 Å². The van der Waals surface area contributed by atoms with Crippen molar-refractivity contribution in [3.05, 3.63) is 29.8 Å². The summed E-state index contributed by atoms with van der Waals surface area (Å²) in [5, 5.41) is 10.00. The van der Waals surface area contributed by atoms with Gasteiger partial charge in [-0.2, -0.15) is 17.8 Å². The predicted octanol–water partition coefficient (Wildman–Crippen LogP) is 1.16. The number of carbonyl (C=O) groups is 1. The average Bonchev–Trinajstić information content (AvgIpc) is 2.77. The molecule has 1 fully saturated rings. The Bertz CT molecular complexity index is 566. The number of hydrogen-bond donors (Lipinski definition) is 1. The molecule has 1 atom stereocenters. The second kappa shape index (κ2) is 5.28. The highest BCUT2D eigenvalue weighted by molar-refractivity contribution is 7.86. The van der Waals surface area contributed by atoms with Crippen molar-refractivity contribution in [1.29, 1.82) is 0 Å². The van der Waals surface area contributed by atoms with Crippen molar-refractivity contribution < 1.29 is 22.6 Å². The molecule has 1 heterocycles. The molecule has 0 spiro atoms. The van der Waals surface area contributed by atoms with Gasteiger partial charge in [0.25, 0.3) is 0 Å². The summed E-state index contributed by atoms with van der Waals surface area (Å²) in [5.41, 5.74) is 0.934. The monoisotopic (exact) mass is 285 g/mol. The van der Waals surface area contributed by atoms with Crippen LogP contribution in [0.1, 0.15) is 18.4 Å². The summed E-state index contributed by atoms with van der Waals surface area (Å²) in [6, 6.07) is 5.30. The molecule has 104 valence electrons. The van der Waals surface area contributed by atoms with Gasteiger partial charge in [-0.25, -0.2) is 0 Å². The van der Waals surface area contributed by atoms with Gasteiger partial charge in [0.1, 0.15) is 6.04 Å². The molecule has 2 rings (SSSR count). The van der Waals surface area contributed by atoms with E-state index in [2.05, 4.69) is 0 Å². The molecule has 19 heavy (non-hydrogen) atoms. The first-order chi connectivity index (χ1) is 8.90. The second-order valence-electron chi connectivity index (χ2n) is 4.48. The van der Waals surface area contributed by atoms with Gasteiger partial charge in [0.05, 0.1) is 4.90 Å². The van der Waals surface area contributed by atoms with Crippen LogP contribution in [0.2, 0.25) is 0 Å². The van der Waals surface area contributed by atoms with E-state index in [1.165, 1.54) is 12.1 Å². The lowest BCUT2D eigenvalue weighted by Crippen LogP contribution is -2.37. The van der Waals surface area contributed by atoms with Crippen molar-refractivity contribution in [3.63, 3.8) is 0 Å². The molecule has 1 aliphatic rings.